The van der Waals surface area contributed by atoms with Crippen LogP contribution in [0.25, 0.3) is 0 Å². The fourth-order valence-electron chi connectivity index (χ4n) is 0.600. The maximum Gasteiger partial charge on any atom is 0.0912 e. The van der Waals surface area contributed by atoms with Crippen LogP contribution in [0.15, 0.2) is 11.8 Å². The van der Waals surface area contributed by atoms with Crippen molar-refractivity contribution in [3.05, 3.63) is 11.8 Å². The zero-order chi connectivity index (χ0) is 8.41. The summed E-state index contributed by atoms with van der Waals surface area (Å²) in [5.41, 5.74) is 0. The minimum absolute atomic E-state index is 1.00. The van der Waals surface area contributed by atoms with Gasteiger partial charge < -0.3 is 4.74 Å². The molecule has 0 N–H and O–H groups in total. The van der Waals surface area contributed by atoms with E-state index in [2.05, 4.69) is 32.8 Å². The minimum atomic E-state index is 1.00. The van der Waals surface area contributed by atoms with Crippen LogP contribution in [0.1, 0.15) is 26.7 Å². The van der Waals surface area contributed by atoms with E-state index in [9.17, 15) is 0 Å². The van der Waals surface area contributed by atoms with Crippen molar-refractivity contribution in [2.75, 3.05) is 7.11 Å². The molecule has 0 aliphatic heterocycles. The Hall–Kier alpha value is -0.900. The standard InChI is InChI=1S/C7H14O.C2H2/c1-4-6-7(5-2)8-3;1-2/h6H,4-5H2,1-3H3;1-2H/b7-6-;. The molecule has 58 valence electrons. The zero-order valence-corrected chi connectivity index (χ0v) is 7.05. The van der Waals surface area contributed by atoms with Crippen LogP contribution < -0.4 is 0 Å². The van der Waals surface area contributed by atoms with Gasteiger partial charge in [0.25, 0.3) is 0 Å². The maximum absolute atomic E-state index is 5.00. The molecule has 0 unspecified atom stereocenters. The molecule has 10 heavy (non-hydrogen) atoms. The Labute approximate surface area is 64.1 Å². The Morgan fingerprint density at radius 2 is 1.90 bits per heavy atom. The van der Waals surface area contributed by atoms with E-state index >= 15 is 0 Å². The smallest absolute Gasteiger partial charge is 0.0912 e. The summed E-state index contributed by atoms with van der Waals surface area (Å²) in [6, 6.07) is 0. The van der Waals surface area contributed by atoms with Gasteiger partial charge in [-0.15, -0.1) is 12.8 Å². The second-order valence-electron chi connectivity index (χ2n) is 1.64. The normalized spacial score (nSPS) is 9.50. The van der Waals surface area contributed by atoms with Crippen LogP contribution in [-0.2, 0) is 4.74 Å². The number of terminal acetylenes is 1. The second kappa shape index (κ2) is 11.0. The van der Waals surface area contributed by atoms with Gasteiger partial charge in [0, 0.05) is 6.42 Å². The van der Waals surface area contributed by atoms with Gasteiger partial charge in [0.2, 0.25) is 0 Å². The average Bonchev–Trinajstić information content (AvgIpc) is 2.04. The number of ether oxygens (including phenoxy) is 1. The fourth-order valence-corrected chi connectivity index (χ4v) is 0.600. The summed E-state index contributed by atoms with van der Waals surface area (Å²) in [6.45, 7) is 4.19. The highest BCUT2D eigenvalue weighted by atomic mass is 16.5. The summed E-state index contributed by atoms with van der Waals surface area (Å²) in [5, 5.41) is 0. The Balaban J connectivity index is 0. The molecule has 0 rings (SSSR count). The lowest BCUT2D eigenvalue weighted by atomic mass is 10.3. The van der Waals surface area contributed by atoms with E-state index < -0.39 is 0 Å². The first kappa shape index (κ1) is 11.8. The Bertz CT molecular complexity index is 94.5. The quantitative estimate of drug-likeness (QED) is 0.432. The molecule has 0 aromatic carbocycles. The van der Waals surface area contributed by atoms with Crippen LogP contribution in [0, 0.1) is 12.8 Å². The molecule has 0 aromatic heterocycles. The van der Waals surface area contributed by atoms with Crippen LogP contribution in [0.3, 0.4) is 0 Å². The molecule has 1 heteroatoms. The molecule has 0 fully saturated rings. The lowest BCUT2D eigenvalue weighted by molar-refractivity contribution is 0.279. The monoisotopic (exact) mass is 140 g/mol. The number of methoxy groups -OCH3 is 1. The molecule has 0 aliphatic rings. The van der Waals surface area contributed by atoms with Crippen LogP contribution in [-0.4, -0.2) is 7.11 Å². The summed E-state index contributed by atoms with van der Waals surface area (Å²) in [4.78, 5) is 0. The van der Waals surface area contributed by atoms with Crippen molar-refractivity contribution in [3.63, 3.8) is 0 Å². The van der Waals surface area contributed by atoms with Crippen molar-refractivity contribution in [3.8, 4) is 12.8 Å². The molecule has 0 spiro atoms. The number of rotatable bonds is 3. The lowest BCUT2D eigenvalue weighted by Gasteiger charge is -1.99. The minimum Gasteiger partial charge on any atom is -0.501 e. The molecule has 1 nitrogen and oxygen atoms in total. The van der Waals surface area contributed by atoms with Gasteiger partial charge in [0.1, 0.15) is 0 Å². The van der Waals surface area contributed by atoms with E-state index in [1.165, 1.54) is 0 Å². The van der Waals surface area contributed by atoms with Crippen LogP contribution in [0.4, 0.5) is 0 Å². The third kappa shape index (κ3) is 7.10. The number of hydrogen-bond acceptors (Lipinski definition) is 1. The highest BCUT2D eigenvalue weighted by Gasteiger charge is 1.85. The molecule has 0 heterocycles. The van der Waals surface area contributed by atoms with Crippen LogP contribution in [0.2, 0.25) is 0 Å². The molecule has 0 aromatic rings. The van der Waals surface area contributed by atoms with Gasteiger partial charge in [0.05, 0.1) is 12.9 Å². The predicted molar refractivity (Wildman–Crippen MR) is 45.6 cm³/mol. The molecule has 0 aliphatic carbocycles. The van der Waals surface area contributed by atoms with E-state index in [1.54, 1.807) is 7.11 Å². The Morgan fingerprint density at radius 3 is 2.00 bits per heavy atom. The van der Waals surface area contributed by atoms with E-state index in [0.717, 1.165) is 18.6 Å². The summed E-state index contributed by atoms with van der Waals surface area (Å²) in [6.07, 6.45) is 12.2. The first-order valence-corrected chi connectivity index (χ1v) is 3.41. The van der Waals surface area contributed by atoms with Crippen molar-refractivity contribution < 1.29 is 4.74 Å². The average molecular weight is 140 g/mol. The Kier molecular flexibility index (Phi) is 13.0. The third-order valence-corrected chi connectivity index (χ3v) is 1.04. The maximum atomic E-state index is 5.00. The topological polar surface area (TPSA) is 9.23 Å². The van der Waals surface area contributed by atoms with Gasteiger partial charge in [-0.1, -0.05) is 13.8 Å². The van der Waals surface area contributed by atoms with Crippen molar-refractivity contribution in [1.82, 2.24) is 0 Å². The van der Waals surface area contributed by atoms with Crippen molar-refractivity contribution >= 4 is 0 Å². The van der Waals surface area contributed by atoms with E-state index in [4.69, 9.17) is 4.74 Å². The first-order valence-electron chi connectivity index (χ1n) is 3.41. The largest absolute Gasteiger partial charge is 0.501 e. The van der Waals surface area contributed by atoms with Gasteiger partial charge in [-0.05, 0) is 12.5 Å². The molecular weight excluding hydrogens is 124 g/mol. The van der Waals surface area contributed by atoms with Crippen LogP contribution >= 0.6 is 0 Å². The van der Waals surface area contributed by atoms with Crippen molar-refractivity contribution in [2.24, 2.45) is 0 Å². The summed E-state index contributed by atoms with van der Waals surface area (Å²) in [5.74, 6) is 1.09. The van der Waals surface area contributed by atoms with Crippen LogP contribution in [0.5, 0.6) is 0 Å². The van der Waals surface area contributed by atoms with Gasteiger partial charge >= 0.3 is 0 Å². The zero-order valence-electron chi connectivity index (χ0n) is 7.05. The third-order valence-electron chi connectivity index (χ3n) is 1.04. The molecule has 0 radical (unpaired) electrons. The SMILES string of the molecule is C#C.CC/C=C(/CC)OC. The van der Waals surface area contributed by atoms with E-state index in [0.29, 0.717) is 0 Å². The fraction of sp³-hybridized carbons (Fsp3) is 0.556. The summed E-state index contributed by atoms with van der Waals surface area (Å²) >= 11 is 0. The van der Waals surface area contributed by atoms with Gasteiger partial charge in [-0.25, -0.2) is 0 Å². The second-order valence-corrected chi connectivity index (χ2v) is 1.64. The van der Waals surface area contributed by atoms with Gasteiger partial charge in [-0.2, -0.15) is 0 Å². The molecule has 0 saturated heterocycles. The molecular formula is C9H16O. The number of allylic oxidation sites excluding steroid dienone is 2. The molecule has 0 atom stereocenters. The van der Waals surface area contributed by atoms with Gasteiger partial charge in [0.15, 0.2) is 0 Å². The molecule has 0 saturated carbocycles. The highest BCUT2D eigenvalue weighted by molar-refractivity contribution is 4.90. The lowest BCUT2D eigenvalue weighted by Crippen LogP contribution is -1.81. The summed E-state index contributed by atoms with van der Waals surface area (Å²) < 4.78 is 5.00. The first-order chi connectivity index (χ1) is 4.85. The highest BCUT2D eigenvalue weighted by Crippen LogP contribution is 2.00. The molecule has 0 bridgehead atoms. The van der Waals surface area contributed by atoms with Gasteiger partial charge in [-0.3, -0.25) is 0 Å². The Morgan fingerprint density at radius 1 is 1.40 bits per heavy atom. The summed E-state index contributed by atoms with van der Waals surface area (Å²) in [7, 11) is 1.71. The number of hydrogen-bond donors (Lipinski definition) is 0. The van der Waals surface area contributed by atoms with E-state index in [-0.39, 0.29) is 0 Å². The van der Waals surface area contributed by atoms with Crippen molar-refractivity contribution in [1.29, 1.82) is 0 Å². The van der Waals surface area contributed by atoms with Crippen molar-refractivity contribution in [2.45, 2.75) is 26.7 Å². The predicted octanol–water partition coefficient (Wildman–Crippen LogP) is 2.59. The molecule has 0 amide bonds. The van der Waals surface area contributed by atoms with E-state index in [1.807, 2.05) is 0 Å².